The van der Waals surface area contributed by atoms with Crippen molar-refractivity contribution in [2.24, 2.45) is 7.05 Å². The zero-order valence-electron chi connectivity index (χ0n) is 13.0. The lowest BCUT2D eigenvalue weighted by Crippen LogP contribution is -2.28. The molecule has 0 spiro atoms. The second kappa shape index (κ2) is 6.37. The Morgan fingerprint density at radius 1 is 1.45 bits per heavy atom. The third-order valence-corrected chi connectivity index (χ3v) is 3.22. The van der Waals surface area contributed by atoms with Gasteiger partial charge < -0.3 is 10.2 Å². The van der Waals surface area contributed by atoms with Crippen LogP contribution in [0.3, 0.4) is 0 Å². The lowest BCUT2D eigenvalue weighted by molar-refractivity contribution is 0.0952. The average Bonchev–Trinajstić information content (AvgIpc) is 2.79. The number of aryl methyl sites for hydroxylation is 1. The molecule has 22 heavy (non-hydrogen) atoms. The molecule has 0 saturated carbocycles. The molecule has 1 amide bonds. The second-order valence-electron chi connectivity index (χ2n) is 5.07. The summed E-state index contributed by atoms with van der Waals surface area (Å²) in [5.74, 6) is 0.894. The Bertz CT molecular complexity index is 732. The third-order valence-electron chi connectivity index (χ3n) is 3.22. The van der Waals surface area contributed by atoms with Gasteiger partial charge in [0.1, 0.15) is 5.82 Å². The molecule has 0 aliphatic carbocycles. The number of hydrogen-bond acceptors (Lipinski definition) is 6. The number of nitrogens with one attached hydrogen (secondary N) is 2. The van der Waals surface area contributed by atoms with E-state index >= 15 is 0 Å². The van der Waals surface area contributed by atoms with Crippen molar-refractivity contribution in [2.75, 3.05) is 25.5 Å². The van der Waals surface area contributed by atoms with Crippen molar-refractivity contribution < 1.29 is 4.79 Å². The molecule has 0 aliphatic rings. The van der Waals surface area contributed by atoms with E-state index in [1.165, 1.54) is 10.8 Å². The molecular weight excluding hydrogens is 286 g/mol. The maximum absolute atomic E-state index is 12.1. The Hall–Kier alpha value is -2.71. The minimum absolute atomic E-state index is 0.247. The first-order valence-electron chi connectivity index (χ1n) is 6.79. The number of amides is 1. The number of rotatable bonds is 5. The Kier molecular flexibility index (Phi) is 4.54. The minimum atomic E-state index is -0.273. The quantitative estimate of drug-likeness (QED) is 0.752. The van der Waals surface area contributed by atoms with Crippen LogP contribution in [-0.2, 0) is 13.5 Å². The molecule has 118 valence electrons. The maximum atomic E-state index is 12.1. The molecule has 9 heteroatoms. The highest BCUT2D eigenvalue weighted by atomic mass is 16.2. The van der Waals surface area contributed by atoms with E-state index in [4.69, 9.17) is 0 Å². The molecule has 0 aliphatic heterocycles. The Labute approximate surface area is 127 Å². The Morgan fingerprint density at radius 2 is 2.18 bits per heavy atom. The zero-order chi connectivity index (χ0) is 16.3. The van der Waals surface area contributed by atoms with Gasteiger partial charge in [-0.25, -0.2) is 19.9 Å². The van der Waals surface area contributed by atoms with Gasteiger partial charge in [-0.15, -0.1) is 0 Å². The third kappa shape index (κ3) is 3.30. The first-order chi connectivity index (χ1) is 10.4. The van der Waals surface area contributed by atoms with E-state index in [1.54, 1.807) is 18.9 Å². The maximum Gasteiger partial charge on any atom is 0.343 e. The van der Waals surface area contributed by atoms with Crippen molar-refractivity contribution in [3.8, 4) is 0 Å². The van der Waals surface area contributed by atoms with E-state index in [1.807, 2.05) is 14.1 Å². The molecule has 0 radical (unpaired) electrons. The smallest absolute Gasteiger partial charge is 0.343 e. The van der Waals surface area contributed by atoms with Crippen molar-refractivity contribution in [1.29, 1.82) is 0 Å². The zero-order valence-corrected chi connectivity index (χ0v) is 13.0. The van der Waals surface area contributed by atoms with E-state index in [-0.39, 0.29) is 11.6 Å². The number of nitrogens with zero attached hydrogens (tertiary/aromatic N) is 5. The van der Waals surface area contributed by atoms with Gasteiger partial charge in [0, 0.05) is 40.3 Å². The molecule has 0 fully saturated rings. The lowest BCUT2D eigenvalue weighted by Gasteiger charge is -2.12. The van der Waals surface area contributed by atoms with Crippen LogP contribution in [0, 0.1) is 6.92 Å². The van der Waals surface area contributed by atoms with Crippen LogP contribution >= 0.6 is 0 Å². The SMILES string of the molecule is Cc1nc(N(C)C)ncc1C(=O)NCCc1n[nH]c(=O)n1C. The number of hydrogen-bond donors (Lipinski definition) is 2. The average molecular weight is 305 g/mol. The predicted octanol–water partition coefficient (Wildman–Crippen LogP) is -0.755. The van der Waals surface area contributed by atoms with Crippen molar-refractivity contribution in [1.82, 2.24) is 30.0 Å². The van der Waals surface area contributed by atoms with Crippen LogP contribution < -0.4 is 15.9 Å². The monoisotopic (exact) mass is 305 g/mol. The first-order valence-corrected chi connectivity index (χ1v) is 6.79. The molecule has 0 saturated heterocycles. The summed E-state index contributed by atoms with van der Waals surface area (Å²) in [6, 6.07) is 0. The van der Waals surface area contributed by atoms with Gasteiger partial charge in [-0.3, -0.25) is 9.36 Å². The summed E-state index contributed by atoms with van der Waals surface area (Å²) in [5.41, 5.74) is 0.773. The minimum Gasteiger partial charge on any atom is -0.351 e. The standard InChI is InChI=1S/C13H19N7O2/c1-8-9(7-15-12(16-8)19(2)3)11(21)14-6-5-10-17-18-13(22)20(10)4/h7H,5-6H2,1-4H3,(H,14,21)(H,18,22). The van der Waals surface area contributed by atoms with Crippen LogP contribution in [0.15, 0.2) is 11.0 Å². The van der Waals surface area contributed by atoms with Crippen LogP contribution in [0.4, 0.5) is 5.95 Å². The van der Waals surface area contributed by atoms with Crippen LogP contribution in [-0.4, -0.2) is 51.3 Å². The van der Waals surface area contributed by atoms with Crippen molar-refractivity contribution in [3.05, 3.63) is 33.8 Å². The summed E-state index contributed by atoms with van der Waals surface area (Å²) in [4.78, 5) is 33.5. The number of aromatic nitrogens is 5. The normalized spacial score (nSPS) is 10.5. The fourth-order valence-corrected chi connectivity index (χ4v) is 1.88. The molecule has 2 N–H and O–H groups in total. The summed E-state index contributed by atoms with van der Waals surface area (Å²) in [7, 11) is 5.30. The number of H-pyrrole nitrogens is 1. The highest BCUT2D eigenvalue weighted by molar-refractivity contribution is 5.94. The highest BCUT2D eigenvalue weighted by Gasteiger charge is 2.12. The summed E-state index contributed by atoms with van der Waals surface area (Å²) in [5, 5.41) is 9.00. The van der Waals surface area contributed by atoms with Gasteiger partial charge in [0.15, 0.2) is 0 Å². The molecule has 0 bridgehead atoms. The predicted molar refractivity (Wildman–Crippen MR) is 81.0 cm³/mol. The number of aromatic amines is 1. The molecule has 2 heterocycles. The van der Waals surface area contributed by atoms with Crippen molar-refractivity contribution in [3.63, 3.8) is 0 Å². The van der Waals surface area contributed by atoms with E-state index in [9.17, 15) is 9.59 Å². The lowest BCUT2D eigenvalue weighted by atomic mass is 10.2. The van der Waals surface area contributed by atoms with Crippen LogP contribution in [0.2, 0.25) is 0 Å². The van der Waals surface area contributed by atoms with E-state index < -0.39 is 0 Å². The molecular formula is C13H19N7O2. The largest absolute Gasteiger partial charge is 0.351 e. The summed E-state index contributed by atoms with van der Waals surface area (Å²) < 4.78 is 1.41. The van der Waals surface area contributed by atoms with Crippen molar-refractivity contribution >= 4 is 11.9 Å². The Balaban J connectivity index is 1.98. The number of anilines is 1. The van der Waals surface area contributed by atoms with Gasteiger partial charge >= 0.3 is 5.69 Å². The van der Waals surface area contributed by atoms with Gasteiger partial charge in [0.2, 0.25) is 5.95 Å². The van der Waals surface area contributed by atoms with E-state index in [2.05, 4.69) is 25.5 Å². The van der Waals surface area contributed by atoms with Gasteiger partial charge in [-0.05, 0) is 6.92 Å². The van der Waals surface area contributed by atoms with E-state index in [0.29, 0.717) is 36.0 Å². The van der Waals surface area contributed by atoms with Crippen molar-refractivity contribution in [2.45, 2.75) is 13.3 Å². The summed E-state index contributed by atoms with van der Waals surface area (Å²) in [6.07, 6.45) is 1.97. The molecule has 2 aromatic rings. The van der Waals surface area contributed by atoms with Gasteiger partial charge in [0.25, 0.3) is 5.91 Å². The molecule has 0 atom stereocenters. The molecule has 2 rings (SSSR count). The summed E-state index contributed by atoms with van der Waals surface area (Å²) >= 11 is 0. The van der Waals surface area contributed by atoms with Gasteiger partial charge in [-0.2, -0.15) is 5.10 Å². The molecule has 2 aromatic heterocycles. The molecule has 9 nitrogen and oxygen atoms in total. The fraction of sp³-hybridized carbons (Fsp3) is 0.462. The van der Waals surface area contributed by atoms with Gasteiger partial charge in [-0.1, -0.05) is 0 Å². The molecule has 0 aromatic carbocycles. The van der Waals surface area contributed by atoms with Crippen LogP contribution in [0.25, 0.3) is 0 Å². The van der Waals surface area contributed by atoms with Gasteiger partial charge in [0.05, 0.1) is 11.3 Å². The first kappa shape index (κ1) is 15.7. The highest BCUT2D eigenvalue weighted by Crippen LogP contribution is 2.08. The number of carbonyl (C=O) groups excluding carboxylic acids is 1. The summed E-state index contributed by atoms with van der Waals surface area (Å²) in [6.45, 7) is 2.13. The number of carbonyl (C=O) groups is 1. The van der Waals surface area contributed by atoms with Crippen LogP contribution in [0.5, 0.6) is 0 Å². The van der Waals surface area contributed by atoms with Crippen LogP contribution in [0.1, 0.15) is 21.9 Å². The topological polar surface area (TPSA) is 109 Å². The molecule has 0 unspecified atom stereocenters. The fourth-order valence-electron chi connectivity index (χ4n) is 1.88. The van der Waals surface area contributed by atoms with E-state index in [0.717, 1.165) is 0 Å². The Morgan fingerprint density at radius 3 is 2.73 bits per heavy atom. The second-order valence-corrected chi connectivity index (χ2v) is 5.07.